The second-order valence-corrected chi connectivity index (χ2v) is 4.98. The number of nitrogens with one attached hydrogen (secondary N) is 2. The Kier molecular flexibility index (Phi) is 12.0. The second kappa shape index (κ2) is 12.8. The molecule has 0 heterocycles. The van der Waals surface area contributed by atoms with Gasteiger partial charge in [-0.25, -0.2) is 8.78 Å². The molecule has 0 spiro atoms. The first-order valence-corrected chi connectivity index (χ1v) is 7.87. The van der Waals surface area contributed by atoms with Crippen molar-refractivity contribution in [2.75, 3.05) is 22.1 Å². The molecular weight excluding hydrogens is 418 g/mol. The van der Waals surface area contributed by atoms with Crippen molar-refractivity contribution in [3.05, 3.63) is 60.2 Å². The number of rotatable bonds is 4. The van der Waals surface area contributed by atoms with Crippen LogP contribution in [0.1, 0.15) is 0 Å². The zero-order chi connectivity index (χ0) is 17.9. The van der Waals surface area contributed by atoms with Gasteiger partial charge in [0.15, 0.2) is 11.8 Å². The molecule has 0 aliphatic carbocycles. The van der Waals surface area contributed by atoms with Gasteiger partial charge in [0.25, 0.3) is 0 Å². The molecule has 2 aromatic rings. The maximum absolute atomic E-state index is 12.5. The molecule has 9 heteroatoms. The molecule has 0 unspecified atom stereocenters. The van der Waals surface area contributed by atoms with Crippen molar-refractivity contribution in [3.63, 3.8) is 0 Å². The van der Waals surface area contributed by atoms with Gasteiger partial charge in [0.2, 0.25) is 0 Å². The Labute approximate surface area is 166 Å². The van der Waals surface area contributed by atoms with Crippen LogP contribution in [0.15, 0.2) is 48.5 Å². The minimum absolute atomic E-state index is 0. The molecule has 0 atom stereocenters. The third-order valence-corrected chi connectivity index (χ3v) is 3.00. The molecule has 2 aromatic carbocycles. The number of halogens is 2. The molecule has 137 valence electrons. The topological polar surface area (TPSA) is 58.2 Å². The Morgan fingerprint density at radius 1 is 0.800 bits per heavy atom. The molecule has 0 saturated carbocycles. The van der Waals surface area contributed by atoms with E-state index in [1.165, 1.54) is 36.4 Å². The summed E-state index contributed by atoms with van der Waals surface area (Å²) in [5.41, 5.74) is 0.870. The number of carbonyl (C=O) groups is 2. The number of amides is 2. The Morgan fingerprint density at radius 3 is 1.44 bits per heavy atom. The third-order valence-electron chi connectivity index (χ3n) is 2.48. The quantitative estimate of drug-likeness (QED) is 0.577. The van der Waals surface area contributed by atoms with Crippen molar-refractivity contribution < 1.29 is 35.4 Å². The Balaban J connectivity index is 0.000000443. The largest absolute Gasteiger partial charge is 2.00 e. The van der Waals surface area contributed by atoms with Crippen LogP contribution < -0.4 is 10.6 Å². The summed E-state index contributed by atoms with van der Waals surface area (Å²) in [6, 6.07) is 11.3. The van der Waals surface area contributed by atoms with Crippen LogP contribution >= 0.6 is 0 Å². The van der Waals surface area contributed by atoms with Gasteiger partial charge in [0, 0.05) is 11.4 Å². The van der Waals surface area contributed by atoms with Gasteiger partial charge in [0.1, 0.15) is 11.6 Å². The normalized spacial score (nSPS) is 9.12. The van der Waals surface area contributed by atoms with Crippen LogP contribution in [-0.4, -0.2) is 23.3 Å². The zero-order valence-electron chi connectivity index (χ0n) is 12.7. The van der Waals surface area contributed by atoms with Crippen LogP contribution in [0.5, 0.6) is 0 Å². The summed E-state index contributed by atoms with van der Waals surface area (Å²) in [4.78, 5) is 21.5. The van der Waals surface area contributed by atoms with Gasteiger partial charge in [-0.2, -0.15) is 0 Å². The predicted octanol–water partition coefficient (Wildman–Crippen LogP) is 2.62. The zero-order valence-corrected chi connectivity index (χ0v) is 15.3. The summed E-state index contributed by atoms with van der Waals surface area (Å²) in [6.45, 7) is 0. The van der Waals surface area contributed by atoms with Crippen LogP contribution in [0.4, 0.5) is 20.2 Å². The summed E-state index contributed by atoms with van der Waals surface area (Å²) in [5.74, 6) is -1.38. The molecule has 1 radical (unpaired) electrons. The maximum atomic E-state index is 12.5. The van der Waals surface area contributed by atoms with E-state index in [-0.39, 0.29) is 52.0 Å². The molecule has 0 aliphatic rings. The Bertz CT molecular complexity index is 646. The van der Waals surface area contributed by atoms with Crippen LogP contribution in [-0.2, 0) is 51.9 Å². The predicted molar refractivity (Wildman–Crippen MR) is 94.5 cm³/mol. The maximum Gasteiger partial charge on any atom is 2.00 e. The summed E-state index contributed by atoms with van der Waals surface area (Å²) < 4.78 is 25.1. The second-order valence-electron chi connectivity index (χ2n) is 4.41. The Morgan fingerprint density at radius 2 is 1.16 bits per heavy atom. The molecule has 0 aromatic heterocycles. The van der Waals surface area contributed by atoms with Gasteiger partial charge in [-0.1, -0.05) is 23.6 Å². The van der Waals surface area contributed by atoms with E-state index in [9.17, 15) is 18.4 Å². The molecular formula is C16H14CuF2N2O2S2. The van der Waals surface area contributed by atoms with E-state index < -0.39 is 0 Å². The van der Waals surface area contributed by atoms with Gasteiger partial charge in [-0.15, -0.1) is 0 Å². The van der Waals surface area contributed by atoms with Crippen LogP contribution in [0.3, 0.4) is 0 Å². The van der Waals surface area contributed by atoms with Gasteiger partial charge in [-0.05, 0) is 36.4 Å². The van der Waals surface area contributed by atoms with Gasteiger partial charge < -0.3 is 35.9 Å². The van der Waals surface area contributed by atoms with Crippen molar-refractivity contribution in [1.29, 1.82) is 0 Å². The summed E-state index contributed by atoms with van der Waals surface area (Å²) in [5, 5.41) is 4.90. The SMILES string of the molecule is O=C(C[S-])Nc1cccc(F)c1.O=C(C[S-])Nc1cccc(F)c1.[Cu+2]. The molecule has 2 amide bonds. The van der Waals surface area contributed by atoms with Gasteiger partial charge in [0.05, 0.1) is 0 Å². The number of hydrogen-bond donors (Lipinski definition) is 2. The van der Waals surface area contributed by atoms with Crippen LogP contribution in [0, 0.1) is 11.6 Å². The van der Waals surface area contributed by atoms with E-state index in [0.717, 1.165) is 0 Å². The fourth-order valence-corrected chi connectivity index (χ4v) is 1.67. The smallest absolute Gasteiger partial charge is 0.783 e. The van der Waals surface area contributed by atoms with Crippen molar-refractivity contribution in [2.24, 2.45) is 0 Å². The Hall–Kier alpha value is -1.54. The average Bonchev–Trinajstić information content (AvgIpc) is 2.55. The van der Waals surface area contributed by atoms with E-state index in [2.05, 4.69) is 35.9 Å². The molecule has 25 heavy (non-hydrogen) atoms. The van der Waals surface area contributed by atoms with Crippen molar-refractivity contribution >= 4 is 48.4 Å². The molecule has 4 nitrogen and oxygen atoms in total. The van der Waals surface area contributed by atoms with E-state index in [4.69, 9.17) is 0 Å². The van der Waals surface area contributed by atoms with Gasteiger partial charge in [-0.3, -0.25) is 9.59 Å². The summed E-state index contributed by atoms with van der Waals surface area (Å²) in [6.07, 6.45) is 0. The van der Waals surface area contributed by atoms with Crippen molar-refractivity contribution in [1.82, 2.24) is 0 Å². The van der Waals surface area contributed by atoms with E-state index >= 15 is 0 Å². The molecule has 2 N–H and O–H groups in total. The summed E-state index contributed by atoms with van der Waals surface area (Å²) >= 11 is 9.00. The standard InChI is InChI=1S/2C8H8FNOS.Cu/c2*9-6-2-1-3-7(4-6)10-8(11)5-12;/h2*1-4,12H,5H2,(H,10,11);/q;;+2/p-2. The van der Waals surface area contributed by atoms with E-state index in [0.29, 0.717) is 11.4 Å². The minimum atomic E-state index is -0.378. The molecule has 0 aliphatic heterocycles. The summed E-state index contributed by atoms with van der Waals surface area (Å²) in [7, 11) is 0. The fraction of sp³-hybridized carbons (Fsp3) is 0.125. The monoisotopic (exact) mass is 431 g/mol. The first kappa shape index (κ1) is 23.5. The van der Waals surface area contributed by atoms with Gasteiger partial charge >= 0.3 is 17.1 Å². The number of carbonyl (C=O) groups excluding carboxylic acids is 2. The van der Waals surface area contributed by atoms with Crippen LogP contribution in [0.25, 0.3) is 0 Å². The first-order valence-electron chi connectivity index (χ1n) is 6.71. The fourth-order valence-electron chi connectivity index (χ4n) is 1.53. The van der Waals surface area contributed by atoms with E-state index in [1.807, 2.05) is 0 Å². The minimum Gasteiger partial charge on any atom is -0.783 e. The number of benzene rings is 2. The van der Waals surface area contributed by atoms with Crippen LogP contribution in [0.2, 0.25) is 0 Å². The molecule has 0 saturated heterocycles. The van der Waals surface area contributed by atoms with Crippen molar-refractivity contribution in [2.45, 2.75) is 0 Å². The first-order chi connectivity index (χ1) is 11.4. The molecule has 0 fully saturated rings. The molecule has 2 rings (SSSR count). The number of anilines is 2. The van der Waals surface area contributed by atoms with Crippen molar-refractivity contribution in [3.8, 4) is 0 Å². The molecule has 0 bridgehead atoms. The number of hydrogen-bond acceptors (Lipinski definition) is 4. The third kappa shape index (κ3) is 10.1. The average molecular weight is 432 g/mol. The van der Waals surface area contributed by atoms with E-state index in [1.54, 1.807) is 12.1 Å².